The molecule has 0 saturated carbocycles. The van der Waals surface area contributed by atoms with E-state index in [0.29, 0.717) is 36.0 Å². The molecule has 2 aromatic rings. The highest BCUT2D eigenvalue weighted by Gasteiger charge is 2.17. The molecule has 1 aromatic heterocycles. The summed E-state index contributed by atoms with van der Waals surface area (Å²) in [7, 11) is -3.21. The van der Waals surface area contributed by atoms with Gasteiger partial charge in [-0.15, -0.1) is 11.3 Å². The van der Waals surface area contributed by atoms with E-state index in [1.165, 1.54) is 11.3 Å². The fraction of sp³-hybridized carbons (Fsp3) is 0.353. The summed E-state index contributed by atoms with van der Waals surface area (Å²) < 4.78 is 41.8. The molecule has 7 nitrogen and oxygen atoms in total. The smallest absolute Gasteiger partial charge is 0.348 e. The van der Waals surface area contributed by atoms with Crippen LogP contribution in [0.25, 0.3) is 0 Å². The van der Waals surface area contributed by atoms with Crippen LogP contribution in [0.1, 0.15) is 20.1 Å². The van der Waals surface area contributed by atoms with Crippen LogP contribution in [0, 0.1) is 0 Å². The van der Waals surface area contributed by atoms with Crippen molar-refractivity contribution < 1.29 is 27.4 Å². The third kappa shape index (κ3) is 5.68. The SMILES string of the molecule is CS(=O)(=O)NCCc1ccc(C(=O)OCc2cc3c(cc2Br)OCCO3)s1. The number of halogens is 1. The zero-order valence-electron chi connectivity index (χ0n) is 14.5. The lowest BCUT2D eigenvalue weighted by Gasteiger charge is -2.19. The van der Waals surface area contributed by atoms with Gasteiger partial charge in [0, 0.05) is 21.5 Å². The second-order valence-electron chi connectivity index (χ2n) is 5.85. The van der Waals surface area contributed by atoms with Gasteiger partial charge in [-0.3, -0.25) is 0 Å². The van der Waals surface area contributed by atoms with Gasteiger partial charge in [0.2, 0.25) is 10.0 Å². The van der Waals surface area contributed by atoms with Crippen molar-refractivity contribution in [2.24, 2.45) is 0 Å². The molecule has 1 N–H and O–H groups in total. The predicted molar refractivity (Wildman–Crippen MR) is 105 cm³/mol. The quantitative estimate of drug-likeness (QED) is 0.619. The Bertz CT molecular complexity index is 941. The molecule has 0 spiro atoms. The lowest BCUT2D eigenvalue weighted by Crippen LogP contribution is -2.23. The second kappa shape index (κ2) is 8.59. The van der Waals surface area contributed by atoms with Gasteiger partial charge in [-0.2, -0.15) is 0 Å². The number of esters is 1. The molecule has 0 radical (unpaired) electrons. The van der Waals surface area contributed by atoms with Crippen LogP contribution in [0.15, 0.2) is 28.7 Å². The summed E-state index contributed by atoms with van der Waals surface area (Å²) in [4.78, 5) is 13.6. The molecule has 3 rings (SSSR count). The molecule has 1 aliphatic heterocycles. The molecule has 1 aromatic carbocycles. The fourth-order valence-corrected chi connectivity index (χ4v) is 4.22. The van der Waals surface area contributed by atoms with Gasteiger partial charge < -0.3 is 14.2 Å². The summed E-state index contributed by atoms with van der Waals surface area (Å²) in [6.45, 7) is 1.38. The molecular formula is C17H18BrNO6S2. The third-order valence-corrected chi connectivity index (χ3v) is 6.26. The van der Waals surface area contributed by atoms with E-state index in [9.17, 15) is 13.2 Å². The highest BCUT2D eigenvalue weighted by atomic mass is 79.9. The van der Waals surface area contributed by atoms with Crippen molar-refractivity contribution in [3.8, 4) is 11.5 Å². The molecule has 0 unspecified atom stereocenters. The zero-order valence-corrected chi connectivity index (χ0v) is 17.7. The molecule has 0 saturated heterocycles. The van der Waals surface area contributed by atoms with E-state index in [1.54, 1.807) is 24.3 Å². The van der Waals surface area contributed by atoms with Crippen LogP contribution in [0.3, 0.4) is 0 Å². The monoisotopic (exact) mass is 475 g/mol. The van der Waals surface area contributed by atoms with Crippen LogP contribution in [0.4, 0.5) is 0 Å². The minimum atomic E-state index is -3.21. The molecule has 2 heterocycles. The van der Waals surface area contributed by atoms with Gasteiger partial charge in [0.25, 0.3) is 0 Å². The molecular weight excluding hydrogens is 458 g/mol. The Labute approximate surface area is 169 Å². The Morgan fingerprint density at radius 2 is 1.96 bits per heavy atom. The maximum absolute atomic E-state index is 12.3. The first kappa shape index (κ1) is 20.1. The minimum absolute atomic E-state index is 0.0962. The topological polar surface area (TPSA) is 90.9 Å². The van der Waals surface area contributed by atoms with Gasteiger partial charge in [-0.25, -0.2) is 17.9 Å². The Morgan fingerprint density at radius 3 is 2.67 bits per heavy atom. The van der Waals surface area contributed by atoms with Crippen molar-refractivity contribution in [2.75, 3.05) is 26.0 Å². The summed E-state index contributed by atoms with van der Waals surface area (Å²) in [6.07, 6.45) is 1.62. The highest BCUT2D eigenvalue weighted by Crippen LogP contribution is 2.36. The number of nitrogens with one attached hydrogen (secondary N) is 1. The molecule has 1 aliphatic rings. The summed E-state index contributed by atoms with van der Waals surface area (Å²) in [6, 6.07) is 7.07. The minimum Gasteiger partial charge on any atom is -0.486 e. The molecule has 0 atom stereocenters. The summed E-state index contributed by atoms with van der Waals surface area (Å²) in [5.74, 6) is 0.866. The Hall–Kier alpha value is -1.62. The number of carbonyl (C=O) groups excluding carboxylic acids is 1. The lowest BCUT2D eigenvalue weighted by molar-refractivity contribution is 0.0477. The molecule has 146 valence electrons. The molecule has 0 amide bonds. The van der Waals surface area contributed by atoms with Crippen LogP contribution in [-0.2, 0) is 27.8 Å². The number of fused-ring (bicyclic) bond motifs is 1. The van der Waals surface area contributed by atoms with Crippen LogP contribution in [0.5, 0.6) is 11.5 Å². The molecule has 10 heteroatoms. The Morgan fingerprint density at radius 1 is 1.26 bits per heavy atom. The Balaban J connectivity index is 1.57. The third-order valence-electron chi connectivity index (χ3n) is 3.67. The van der Waals surface area contributed by atoms with Crippen LogP contribution in [-0.4, -0.2) is 40.4 Å². The van der Waals surface area contributed by atoms with Gasteiger partial charge in [0.15, 0.2) is 11.5 Å². The number of carbonyl (C=O) groups is 1. The molecule has 0 bridgehead atoms. The van der Waals surface area contributed by atoms with Gasteiger partial charge in [0.05, 0.1) is 6.26 Å². The first-order valence-corrected chi connectivity index (χ1v) is 11.6. The Kier molecular flexibility index (Phi) is 6.40. The first-order chi connectivity index (χ1) is 12.8. The molecule has 0 aliphatic carbocycles. The van der Waals surface area contributed by atoms with Crippen LogP contribution < -0.4 is 14.2 Å². The number of hydrogen-bond donors (Lipinski definition) is 1. The largest absolute Gasteiger partial charge is 0.486 e. The average molecular weight is 476 g/mol. The van der Waals surface area contributed by atoms with E-state index in [2.05, 4.69) is 20.7 Å². The fourth-order valence-electron chi connectivity index (χ4n) is 2.41. The summed E-state index contributed by atoms with van der Waals surface area (Å²) in [5.41, 5.74) is 0.779. The standard InChI is InChI=1S/C17H18BrNO6S2/c1-27(21,22)19-5-4-12-2-3-16(26-12)17(20)25-10-11-8-14-15(9-13(11)18)24-7-6-23-14/h2-3,8-9,19H,4-7,10H2,1H3. The number of rotatable bonds is 7. The van der Waals surface area contributed by atoms with Gasteiger partial charge in [-0.05, 0) is 30.7 Å². The van der Waals surface area contributed by atoms with Crippen molar-refractivity contribution in [2.45, 2.75) is 13.0 Å². The molecule has 27 heavy (non-hydrogen) atoms. The van der Waals surface area contributed by atoms with E-state index in [-0.39, 0.29) is 13.2 Å². The highest BCUT2D eigenvalue weighted by molar-refractivity contribution is 9.10. The van der Waals surface area contributed by atoms with Crippen LogP contribution in [0.2, 0.25) is 0 Å². The summed E-state index contributed by atoms with van der Waals surface area (Å²) in [5, 5.41) is 0. The van der Waals surface area contributed by atoms with E-state index >= 15 is 0 Å². The van der Waals surface area contributed by atoms with E-state index < -0.39 is 16.0 Å². The lowest BCUT2D eigenvalue weighted by atomic mass is 10.2. The van der Waals surface area contributed by atoms with Gasteiger partial charge >= 0.3 is 5.97 Å². The van der Waals surface area contributed by atoms with Gasteiger partial charge in [0.1, 0.15) is 24.7 Å². The maximum Gasteiger partial charge on any atom is 0.348 e. The normalized spacial score (nSPS) is 13.4. The number of ether oxygens (including phenoxy) is 3. The van der Waals surface area contributed by atoms with E-state index in [4.69, 9.17) is 14.2 Å². The van der Waals surface area contributed by atoms with E-state index in [1.807, 2.05) is 0 Å². The zero-order chi connectivity index (χ0) is 19.4. The average Bonchev–Trinajstić information content (AvgIpc) is 3.07. The first-order valence-electron chi connectivity index (χ1n) is 8.10. The van der Waals surface area contributed by atoms with Gasteiger partial charge in [-0.1, -0.05) is 15.9 Å². The molecule has 0 fully saturated rings. The maximum atomic E-state index is 12.3. The summed E-state index contributed by atoms with van der Waals surface area (Å²) >= 11 is 4.74. The second-order valence-corrected chi connectivity index (χ2v) is 9.70. The number of benzene rings is 1. The van der Waals surface area contributed by atoms with Crippen molar-refractivity contribution in [3.05, 3.63) is 44.1 Å². The number of sulfonamides is 1. The van der Waals surface area contributed by atoms with Crippen molar-refractivity contribution in [3.63, 3.8) is 0 Å². The number of thiophene rings is 1. The van der Waals surface area contributed by atoms with E-state index in [0.717, 1.165) is 21.2 Å². The predicted octanol–water partition coefficient (Wildman–Crippen LogP) is 2.73. The van der Waals surface area contributed by atoms with Crippen molar-refractivity contribution in [1.82, 2.24) is 4.72 Å². The van der Waals surface area contributed by atoms with Crippen LogP contribution >= 0.6 is 27.3 Å². The van der Waals surface area contributed by atoms with Crippen molar-refractivity contribution in [1.29, 1.82) is 0 Å². The number of hydrogen-bond acceptors (Lipinski definition) is 7. The van der Waals surface area contributed by atoms with Crippen molar-refractivity contribution >= 4 is 43.3 Å².